The van der Waals surface area contributed by atoms with Crippen LogP contribution in [0.2, 0.25) is 5.02 Å². The largest absolute Gasteiger partial charge is 0.370 e. The van der Waals surface area contributed by atoms with Gasteiger partial charge in [-0.15, -0.1) is 0 Å². The number of amides is 1. The van der Waals surface area contributed by atoms with Crippen LogP contribution in [0.4, 0.5) is 4.39 Å². The van der Waals surface area contributed by atoms with Crippen LogP contribution >= 0.6 is 11.6 Å². The first kappa shape index (κ1) is 15.8. The number of halogens is 2. The van der Waals surface area contributed by atoms with E-state index in [2.05, 4.69) is 4.72 Å². The standard InChI is InChI=1S/C10H12ClFN2O4S/c11-8-5-7(12)1-2-9(8)19(16,17)14-3-4-18-6-10(13)15/h1-2,5,14H,3-4,6H2,(H2,13,15). The first-order valence-corrected chi connectivity index (χ1v) is 7.00. The lowest BCUT2D eigenvalue weighted by Crippen LogP contribution is -2.29. The Morgan fingerprint density at radius 1 is 1.47 bits per heavy atom. The summed E-state index contributed by atoms with van der Waals surface area (Å²) in [4.78, 5) is 10.1. The van der Waals surface area contributed by atoms with Crippen molar-refractivity contribution in [3.8, 4) is 0 Å². The van der Waals surface area contributed by atoms with E-state index in [0.717, 1.165) is 18.2 Å². The minimum Gasteiger partial charge on any atom is -0.370 e. The van der Waals surface area contributed by atoms with E-state index in [1.807, 2.05) is 0 Å². The molecule has 3 N–H and O–H groups in total. The molecule has 0 heterocycles. The number of carbonyl (C=O) groups is 1. The van der Waals surface area contributed by atoms with Gasteiger partial charge in [-0.2, -0.15) is 0 Å². The zero-order valence-electron chi connectivity index (χ0n) is 9.73. The van der Waals surface area contributed by atoms with E-state index in [-0.39, 0.29) is 29.7 Å². The highest BCUT2D eigenvalue weighted by Gasteiger charge is 2.17. The Hall–Kier alpha value is -1.22. The van der Waals surface area contributed by atoms with Crippen LogP contribution in [0, 0.1) is 5.82 Å². The van der Waals surface area contributed by atoms with Gasteiger partial charge in [-0.25, -0.2) is 17.5 Å². The van der Waals surface area contributed by atoms with Crippen LogP contribution in [0.25, 0.3) is 0 Å². The molecule has 0 aliphatic carbocycles. The SMILES string of the molecule is NC(=O)COCCNS(=O)(=O)c1ccc(F)cc1Cl. The number of carbonyl (C=O) groups excluding carboxylic acids is 1. The quantitative estimate of drug-likeness (QED) is 0.706. The van der Waals surface area contributed by atoms with Crippen molar-refractivity contribution >= 4 is 27.5 Å². The lowest BCUT2D eigenvalue weighted by molar-refractivity contribution is -0.122. The van der Waals surface area contributed by atoms with Crippen LogP contribution in [-0.4, -0.2) is 34.1 Å². The first-order chi connectivity index (χ1) is 8.83. The van der Waals surface area contributed by atoms with Crippen molar-refractivity contribution in [2.75, 3.05) is 19.8 Å². The van der Waals surface area contributed by atoms with Crippen LogP contribution in [0.3, 0.4) is 0 Å². The fourth-order valence-corrected chi connectivity index (χ4v) is 2.73. The predicted molar refractivity (Wildman–Crippen MR) is 66.6 cm³/mol. The first-order valence-electron chi connectivity index (χ1n) is 5.13. The summed E-state index contributed by atoms with van der Waals surface area (Å²) in [7, 11) is -3.85. The van der Waals surface area contributed by atoms with E-state index in [4.69, 9.17) is 22.1 Å². The highest BCUT2D eigenvalue weighted by molar-refractivity contribution is 7.89. The maximum atomic E-state index is 12.8. The van der Waals surface area contributed by atoms with Gasteiger partial charge < -0.3 is 10.5 Å². The molecule has 0 saturated heterocycles. The van der Waals surface area contributed by atoms with Crippen molar-refractivity contribution in [3.05, 3.63) is 29.0 Å². The molecule has 1 aromatic rings. The number of hydrogen-bond donors (Lipinski definition) is 2. The molecule has 0 atom stereocenters. The van der Waals surface area contributed by atoms with Gasteiger partial charge in [0.2, 0.25) is 15.9 Å². The maximum Gasteiger partial charge on any atom is 0.243 e. The molecule has 0 aromatic heterocycles. The Bertz CT molecular complexity index is 565. The normalized spacial score (nSPS) is 11.5. The summed E-state index contributed by atoms with van der Waals surface area (Å²) in [6.07, 6.45) is 0. The molecule has 106 valence electrons. The van der Waals surface area contributed by atoms with Crippen molar-refractivity contribution in [3.63, 3.8) is 0 Å². The molecular weight excluding hydrogens is 299 g/mol. The van der Waals surface area contributed by atoms with Crippen LogP contribution < -0.4 is 10.5 Å². The Morgan fingerprint density at radius 2 is 2.16 bits per heavy atom. The van der Waals surface area contributed by atoms with Crippen LogP contribution in [0.1, 0.15) is 0 Å². The van der Waals surface area contributed by atoms with Crippen LogP contribution in [0.5, 0.6) is 0 Å². The molecule has 0 unspecified atom stereocenters. The van der Waals surface area contributed by atoms with Crippen molar-refractivity contribution in [2.45, 2.75) is 4.90 Å². The molecule has 0 radical (unpaired) electrons. The van der Waals surface area contributed by atoms with Gasteiger partial charge in [-0.3, -0.25) is 4.79 Å². The van der Waals surface area contributed by atoms with Crippen molar-refractivity contribution in [1.29, 1.82) is 0 Å². The van der Waals surface area contributed by atoms with Gasteiger partial charge in [0.1, 0.15) is 17.3 Å². The number of hydrogen-bond acceptors (Lipinski definition) is 4. The average molecular weight is 311 g/mol. The van der Waals surface area contributed by atoms with Gasteiger partial charge in [0, 0.05) is 6.54 Å². The van der Waals surface area contributed by atoms with Gasteiger partial charge >= 0.3 is 0 Å². The summed E-state index contributed by atoms with van der Waals surface area (Å²) in [5, 5.41) is -0.217. The highest BCUT2D eigenvalue weighted by Crippen LogP contribution is 2.21. The lowest BCUT2D eigenvalue weighted by Gasteiger charge is -2.08. The molecule has 0 aliphatic rings. The average Bonchev–Trinajstić information content (AvgIpc) is 2.27. The minimum atomic E-state index is -3.85. The van der Waals surface area contributed by atoms with E-state index < -0.39 is 21.7 Å². The third kappa shape index (κ3) is 5.11. The van der Waals surface area contributed by atoms with Gasteiger partial charge in [0.25, 0.3) is 0 Å². The zero-order valence-corrected chi connectivity index (χ0v) is 11.3. The molecule has 1 rings (SSSR count). The topological polar surface area (TPSA) is 98.5 Å². The molecule has 19 heavy (non-hydrogen) atoms. The molecule has 0 fully saturated rings. The van der Waals surface area contributed by atoms with Gasteiger partial charge in [0.05, 0.1) is 11.6 Å². The summed E-state index contributed by atoms with van der Waals surface area (Å²) in [5.41, 5.74) is 4.83. The fraction of sp³-hybridized carbons (Fsp3) is 0.300. The predicted octanol–water partition coefficient (Wildman–Crippen LogP) is 0.259. The third-order valence-electron chi connectivity index (χ3n) is 1.97. The van der Waals surface area contributed by atoms with E-state index in [1.54, 1.807) is 0 Å². The smallest absolute Gasteiger partial charge is 0.243 e. The maximum absolute atomic E-state index is 12.8. The highest BCUT2D eigenvalue weighted by atomic mass is 35.5. The second-order valence-corrected chi connectivity index (χ2v) is 5.63. The Kier molecular flexibility index (Phi) is 5.67. The number of nitrogens with two attached hydrogens (primary N) is 1. The van der Waals surface area contributed by atoms with Crippen LogP contribution in [0.15, 0.2) is 23.1 Å². The van der Waals surface area contributed by atoms with E-state index in [9.17, 15) is 17.6 Å². The third-order valence-corrected chi connectivity index (χ3v) is 3.91. The lowest BCUT2D eigenvalue weighted by atomic mass is 10.3. The van der Waals surface area contributed by atoms with E-state index >= 15 is 0 Å². The second kappa shape index (κ2) is 6.80. The van der Waals surface area contributed by atoms with Crippen molar-refractivity contribution in [2.24, 2.45) is 5.73 Å². The molecule has 9 heteroatoms. The molecule has 0 bridgehead atoms. The Balaban J connectivity index is 2.59. The number of benzene rings is 1. The number of primary amides is 1. The summed E-state index contributed by atoms with van der Waals surface area (Å²) >= 11 is 5.64. The van der Waals surface area contributed by atoms with Gasteiger partial charge in [-0.1, -0.05) is 11.6 Å². The molecule has 0 spiro atoms. The summed E-state index contributed by atoms with van der Waals surface area (Å²) < 4.78 is 43.4. The van der Waals surface area contributed by atoms with Gasteiger partial charge in [-0.05, 0) is 18.2 Å². The fourth-order valence-electron chi connectivity index (χ4n) is 1.19. The van der Waals surface area contributed by atoms with E-state index in [0.29, 0.717) is 0 Å². The zero-order chi connectivity index (χ0) is 14.5. The number of rotatable bonds is 7. The van der Waals surface area contributed by atoms with E-state index in [1.165, 1.54) is 0 Å². The monoisotopic (exact) mass is 310 g/mol. The number of ether oxygens (including phenoxy) is 1. The molecule has 0 saturated carbocycles. The van der Waals surface area contributed by atoms with Crippen molar-refractivity contribution < 1.29 is 22.3 Å². The summed E-state index contributed by atoms with van der Waals surface area (Å²) in [6, 6.07) is 2.95. The summed E-state index contributed by atoms with van der Waals surface area (Å²) in [6.45, 7) is -0.386. The second-order valence-electron chi connectivity index (χ2n) is 3.49. The molecule has 6 nitrogen and oxygen atoms in total. The number of nitrogens with one attached hydrogen (secondary N) is 1. The molecule has 1 aromatic carbocycles. The summed E-state index contributed by atoms with van der Waals surface area (Å²) in [5.74, 6) is -1.28. The Labute approximate surface area is 114 Å². The van der Waals surface area contributed by atoms with Gasteiger partial charge in [0.15, 0.2) is 0 Å². The Morgan fingerprint density at radius 3 is 2.74 bits per heavy atom. The molecule has 0 aliphatic heterocycles. The molecular formula is C10H12ClFN2O4S. The van der Waals surface area contributed by atoms with Crippen LogP contribution in [-0.2, 0) is 19.6 Å². The molecule has 1 amide bonds. The number of sulfonamides is 1. The van der Waals surface area contributed by atoms with Crippen molar-refractivity contribution in [1.82, 2.24) is 4.72 Å². The minimum absolute atomic E-state index is 0.0268.